The van der Waals surface area contributed by atoms with Crippen LogP contribution >= 0.6 is 11.6 Å². The quantitative estimate of drug-likeness (QED) is 0.555. The third-order valence-corrected chi connectivity index (χ3v) is 1.65. The van der Waals surface area contributed by atoms with E-state index in [-0.39, 0.29) is 11.2 Å². The van der Waals surface area contributed by atoms with E-state index in [1.165, 1.54) is 0 Å². The van der Waals surface area contributed by atoms with Crippen LogP contribution < -0.4 is 5.32 Å². The van der Waals surface area contributed by atoms with E-state index in [1.54, 1.807) is 0 Å². The number of allylic oxidation sites excluding steroid dienone is 1. The van der Waals surface area contributed by atoms with Gasteiger partial charge in [0.1, 0.15) is 0 Å². The highest BCUT2D eigenvalue weighted by Gasteiger charge is 2.15. The molecule has 1 rings (SSSR count). The number of carbonyl (C=O) groups is 1. The SMILES string of the molecule is O=C(Cl)C1CC=CNC1. The minimum absolute atomic E-state index is 0.0170. The number of halogens is 1. The van der Waals surface area contributed by atoms with E-state index in [0.717, 1.165) is 6.42 Å². The lowest BCUT2D eigenvalue weighted by atomic mass is 10.1. The lowest BCUT2D eigenvalue weighted by Crippen LogP contribution is -2.25. The van der Waals surface area contributed by atoms with Gasteiger partial charge in [-0.2, -0.15) is 0 Å². The molecule has 0 aromatic rings. The highest BCUT2D eigenvalue weighted by Crippen LogP contribution is 2.09. The Balaban J connectivity index is 2.44. The second-order valence-electron chi connectivity index (χ2n) is 2.05. The van der Waals surface area contributed by atoms with Crippen molar-refractivity contribution in [2.75, 3.05) is 6.54 Å². The summed E-state index contributed by atoms with van der Waals surface area (Å²) in [6.45, 7) is 0.679. The molecule has 9 heavy (non-hydrogen) atoms. The molecule has 50 valence electrons. The normalized spacial score (nSPS) is 25.2. The third kappa shape index (κ3) is 1.72. The van der Waals surface area contributed by atoms with Crippen molar-refractivity contribution in [3.05, 3.63) is 12.3 Å². The Labute approximate surface area is 58.9 Å². The smallest absolute Gasteiger partial charge is 0.226 e. The summed E-state index contributed by atoms with van der Waals surface area (Å²) in [5.41, 5.74) is 0. The molecule has 0 bridgehead atoms. The molecule has 0 saturated heterocycles. The second kappa shape index (κ2) is 2.87. The molecule has 1 heterocycles. The zero-order valence-corrected chi connectivity index (χ0v) is 5.69. The summed E-state index contributed by atoms with van der Waals surface area (Å²) in [6, 6.07) is 0. The van der Waals surface area contributed by atoms with Crippen molar-refractivity contribution in [3.63, 3.8) is 0 Å². The lowest BCUT2D eigenvalue weighted by molar-refractivity contribution is -0.115. The topological polar surface area (TPSA) is 29.1 Å². The highest BCUT2D eigenvalue weighted by molar-refractivity contribution is 6.64. The van der Waals surface area contributed by atoms with Crippen molar-refractivity contribution in [2.24, 2.45) is 5.92 Å². The predicted molar refractivity (Wildman–Crippen MR) is 36.1 cm³/mol. The molecule has 0 aromatic carbocycles. The van der Waals surface area contributed by atoms with Gasteiger partial charge in [0, 0.05) is 6.54 Å². The maximum Gasteiger partial charge on any atom is 0.226 e. The van der Waals surface area contributed by atoms with Gasteiger partial charge in [-0.15, -0.1) is 0 Å². The minimum Gasteiger partial charge on any atom is -0.390 e. The Kier molecular flexibility index (Phi) is 2.11. The fraction of sp³-hybridized carbons (Fsp3) is 0.500. The van der Waals surface area contributed by atoms with Gasteiger partial charge in [-0.3, -0.25) is 4.79 Å². The molecule has 3 heteroatoms. The number of rotatable bonds is 1. The molecule has 1 aliphatic heterocycles. The molecular formula is C6H8ClNO. The van der Waals surface area contributed by atoms with Crippen LogP contribution in [0.4, 0.5) is 0 Å². The van der Waals surface area contributed by atoms with Gasteiger partial charge in [-0.05, 0) is 24.2 Å². The van der Waals surface area contributed by atoms with Crippen LogP contribution in [-0.4, -0.2) is 11.8 Å². The summed E-state index contributed by atoms with van der Waals surface area (Å²) >= 11 is 5.24. The average Bonchev–Trinajstić information content (AvgIpc) is 1.90. The summed E-state index contributed by atoms with van der Waals surface area (Å²) in [4.78, 5) is 10.5. The zero-order chi connectivity index (χ0) is 6.69. The Morgan fingerprint density at radius 2 is 2.56 bits per heavy atom. The van der Waals surface area contributed by atoms with Gasteiger partial charge in [0.25, 0.3) is 0 Å². The summed E-state index contributed by atoms with van der Waals surface area (Å²) in [7, 11) is 0. The molecule has 0 spiro atoms. The van der Waals surface area contributed by atoms with Crippen LogP contribution in [0.15, 0.2) is 12.3 Å². The zero-order valence-electron chi connectivity index (χ0n) is 4.93. The van der Waals surface area contributed by atoms with Crippen LogP contribution in [0.1, 0.15) is 6.42 Å². The average molecular weight is 146 g/mol. The van der Waals surface area contributed by atoms with Crippen LogP contribution in [0.2, 0.25) is 0 Å². The van der Waals surface area contributed by atoms with Crippen LogP contribution in [-0.2, 0) is 4.79 Å². The van der Waals surface area contributed by atoms with E-state index in [4.69, 9.17) is 11.6 Å². The van der Waals surface area contributed by atoms with Crippen molar-refractivity contribution >= 4 is 16.8 Å². The van der Waals surface area contributed by atoms with Crippen molar-refractivity contribution in [3.8, 4) is 0 Å². The molecule has 0 amide bonds. The minimum atomic E-state index is -0.244. The van der Waals surface area contributed by atoms with E-state index >= 15 is 0 Å². The molecule has 1 atom stereocenters. The monoisotopic (exact) mass is 145 g/mol. The van der Waals surface area contributed by atoms with Crippen molar-refractivity contribution in [1.82, 2.24) is 5.32 Å². The molecular weight excluding hydrogens is 138 g/mol. The van der Waals surface area contributed by atoms with Gasteiger partial charge in [0.2, 0.25) is 5.24 Å². The first kappa shape index (κ1) is 6.62. The molecule has 0 aromatic heterocycles. The fourth-order valence-corrected chi connectivity index (χ4v) is 0.948. The van der Waals surface area contributed by atoms with Gasteiger partial charge in [0.05, 0.1) is 5.92 Å². The standard InChI is InChI=1S/C6H8ClNO/c7-6(9)5-2-1-3-8-4-5/h1,3,5,8H,2,4H2. The highest BCUT2D eigenvalue weighted by atomic mass is 35.5. The summed E-state index contributed by atoms with van der Waals surface area (Å²) in [5.74, 6) is -0.0170. The number of nitrogens with one attached hydrogen (secondary N) is 1. The fourth-order valence-electron chi connectivity index (χ4n) is 0.782. The molecule has 0 saturated carbocycles. The number of hydrogen-bond acceptors (Lipinski definition) is 2. The maximum absolute atomic E-state index is 10.5. The van der Waals surface area contributed by atoms with Crippen LogP contribution in [0.25, 0.3) is 0 Å². The van der Waals surface area contributed by atoms with Gasteiger partial charge in [0.15, 0.2) is 0 Å². The van der Waals surface area contributed by atoms with Gasteiger partial charge in [-0.25, -0.2) is 0 Å². The van der Waals surface area contributed by atoms with Gasteiger partial charge < -0.3 is 5.32 Å². The first-order valence-corrected chi connectivity index (χ1v) is 3.26. The maximum atomic E-state index is 10.5. The van der Waals surface area contributed by atoms with Crippen LogP contribution in [0, 0.1) is 5.92 Å². The molecule has 0 radical (unpaired) electrons. The molecule has 0 fully saturated rings. The summed E-state index contributed by atoms with van der Waals surface area (Å²) < 4.78 is 0. The summed E-state index contributed by atoms with van der Waals surface area (Å²) in [6.07, 6.45) is 4.53. The molecule has 1 aliphatic rings. The number of carbonyl (C=O) groups excluding carboxylic acids is 1. The van der Waals surface area contributed by atoms with E-state index in [9.17, 15) is 4.79 Å². The lowest BCUT2D eigenvalue weighted by Gasteiger charge is -2.13. The van der Waals surface area contributed by atoms with Gasteiger partial charge in [-0.1, -0.05) is 6.08 Å². The van der Waals surface area contributed by atoms with Crippen molar-refractivity contribution in [2.45, 2.75) is 6.42 Å². The van der Waals surface area contributed by atoms with E-state index < -0.39 is 0 Å². The molecule has 1 N–H and O–H groups in total. The largest absolute Gasteiger partial charge is 0.390 e. The predicted octanol–water partition coefficient (Wildman–Crippen LogP) is 0.875. The first-order valence-electron chi connectivity index (χ1n) is 2.88. The van der Waals surface area contributed by atoms with Crippen molar-refractivity contribution < 1.29 is 4.79 Å². The molecule has 0 aliphatic carbocycles. The van der Waals surface area contributed by atoms with E-state index in [0.29, 0.717) is 6.54 Å². The van der Waals surface area contributed by atoms with E-state index in [1.807, 2.05) is 12.3 Å². The Morgan fingerprint density at radius 1 is 1.78 bits per heavy atom. The number of hydrogen-bond donors (Lipinski definition) is 1. The van der Waals surface area contributed by atoms with Gasteiger partial charge >= 0.3 is 0 Å². The molecule has 1 unspecified atom stereocenters. The Hall–Kier alpha value is -0.500. The van der Waals surface area contributed by atoms with E-state index in [2.05, 4.69) is 5.32 Å². The first-order chi connectivity index (χ1) is 4.30. The third-order valence-electron chi connectivity index (χ3n) is 1.34. The van der Waals surface area contributed by atoms with Crippen molar-refractivity contribution in [1.29, 1.82) is 0 Å². The van der Waals surface area contributed by atoms with Crippen LogP contribution in [0.5, 0.6) is 0 Å². The summed E-state index contributed by atoms with van der Waals surface area (Å²) in [5, 5.41) is 2.69. The Morgan fingerprint density at radius 3 is 2.89 bits per heavy atom. The van der Waals surface area contributed by atoms with Crippen LogP contribution in [0.3, 0.4) is 0 Å². The Bertz CT molecular complexity index is 144. The molecule has 2 nitrogen and oxygen atoms in total. The second-order valence-corrected chi connectivity index (χ2v) is 2.42.